The van der Waals surface area contributed by atoms with Crippen LogP contribution in [0.5, 0.6) is 11.5 Å². The number of hydrogen-bond acceptors (Lipinski definition) is 8. The molecule has 1 fully saturated rings. The lowest BCUT2D eigenvalue weighted by molar-refractivity contribution is -0.152. The molecule has 0 aromatic heterocycles. The Balaban J connectivity index is 1.54. The summed E-state index contributed by atoms with van der Waals surface area (Å²) in [6.07, 6.45) is 5.98. The molecule has 3 heterocycles. The summed E-state index contributed by atoms with van der Waals surface area (Å²) in [6.45, 7) is 4.75. The van der Waals surface area contributed by atoms with Crippen LogP contribution in [-0.4, -0.2) is 59.6 Å². The maximum atomic E-state index is 12.5. The van der Waals surface area contributed by atoms with E-state index in [0.29, 0.717) is 25.3 Å². The number of aliphatic hydroxyl groups is 1. The molecule has 2 unspecified atom stereocenters. The van der Waals surface area contributed by atoms with E-state index in [1.165, 1.54) is 6.08 Å². The van der Waals surface area contributed by atoms with Crippen molar-refractivity contribution in [1.82, 2.24) is 4.90 Å². The van der Waals surface area contributed by atoms with Crippen LogP contribution in [0.1, 0.15) is 37.8 Å². The van der Waals surface area contributed by atoms with Crippen LogP contribution in [0, 0.1) is 0 Å². The highest BCUT2D eigenvalue weighted by Crippen LogP contribution is 2.54. The van der Waals surface area contributed by atoms with Crippen LogP contribution < -0.4 is 9.47 Å². The van der Waals surface area contributed by atoms with Gasteiger partial charge in [-0.3, -0.25) is 9.69 Å². The van der Waals surface area contributed by atoms with Crippen LogP contribution in [0.25, 0.3) is 0 Å². The van der Waals surface area contributed by atoms with Crippen molar-refractivity contribution in [3.8, 4) is 11.5 Å². The number of carbonyl (C=O) groups is 2. The summed E-state index contributed by atoms with van der Waals surface area (Å²) in [5.41, 5.74) is 1.56. The van der Waals surface area contributed by atoms with E-state index in [0.717, 1.165) is 16.9 Å². The average molecular weight is 441 g/mol. The first-order valence-electron chi connectivity index (χ1n) is 11.0. The topological polar surface area (TPSA) is 94.5 Å². The zero-order chi connectivity index (χ0) is 22.5. The minimum Gasteiger partial charge on any atom is -0.460 e. The summed E-state index contributed by atoms with van der Waals surface area (Å²) in [5.74, 6) is 0.602. The lowest BCUT2D eigenvalue weighted by atomic mass is 9.65. The molecule has 170 valence electrons. The van der Waals surface area contributed by atoms with Crippen molar-refractivity contribution >= 4 is 11.9 Å². The Labute approximate surface area is 186 Å². The fraction of sp³-hybridized carbons (Fsp3) is 0.500. The summed E-state index contributed by atoms with van der Waals surface area (Å²) in [5, 5.41) is 9.63. The van der Waals surface area contributed by atoms with Gasteiger partial charge in [-0.05, 0) is 43.2 Å². The molecule has 0 spiro atoms. The molecule has 1 aromatic rings. The van der Waals surface area contributed by atoms with Gasteiger partial charge in [-0.15, -0.1) is 0 Å². The Hall–Kier alpha value is -2.84. The molecule has 2 bridgehead atoms. The van der Waals surface area contributed by atoms with Gasteiger partial charge in [0.25, 0.3) is 0 Å². The molecule has 1 saturated heterocycles. The molecule has 8 nitrogen and oxygen atoms in total. The molecule has 3 aliphatic heterocycles. The summed E-state index contributed by atoms with van der Waals surface area (Å²) < 4.78 is 22.8. The fourth-order valence-corrected chi connectivity index (χ4v) is 5.48. The minimum atomic E-state index is -0.768. The molecule has 0 saturated carbocycles. The third-order valence-electron chi connectivity index (χ3n) is 6.71. The van der Waals surface area contributed by atoms with Crippen LogP contribution in [-0.2, 0) is 31.0 Å². The standard InChI is InChI=1S/C24H27NO7/c1-3-4-22(27)31-16-5-6-24-17-10-19-18(29-13-30-19)8-15(17)11-25(20(24)9-16)12-21(24)32-23(28)7-14(2)26/h3-6,8,10,14,16,20-21,26H,7,9,11-13H2,1-2H3/b4-3+/t14?,16-,20-,21-,24-/m0/s1. The summed E-state index contributed by atoms with van der Waals surface area (Å²) in [7, 11) is 0. The minimum absolute atomic E-state index is 0.00636. The van der Waals surface area contributed by atoms with Crippen molar-refractivity contribution in [2.45, 2.75) is 63.0 Å². The van der Waals surface area contributed by atoms with Crippen LogP contribution in [0.3, 0.4) is 0 Å². The van der Waals surface area contributed by atoms with Gasteiger partial charge in [-0.2, -0.15) is 0 Å². The third kappa shape index (κ3) is 3.38. The molecule has 5 rings (SSSR count). The van der Waals surface area contributed by atoms with E-state index in [2.05, 4.69) is 4.90 Å². The van der Waals surface area contributed by atoms with Gasteiger partial charge >= 0.3 is 11.9 Å². The Morgan fingerprint density at radius 1 is 1.31 bits per heavy atom. The Kier molecular flexibility index (Phi) is 5.22. The van der Waals surface area contributed by atoms with Gasteiger partial charge in [-0.25, -0.2) is 4.79 Å². The normalized spacial score (nSPS) is 32.3. The van der Waals surface area contributed by atoms with E-state index in [9.17, 15) is 14.7 Å². The second kappa shape index (κ2) is 7.94. The largest absolute Gasteiger partial charge is 0.460 e. The van der Waals surface area contributed by atoms with E-state index in [1.54, 1.807) is 19.9 Å². The molecule has 1 aliphatic carbocycles. The zero-order valence-electron chi connectivity index (χ0n) is 18.2. The van der Waals surface area contributed by atoms with Gasteiger partial charge in [0.2, 0.25) is 6.79 Å². The maximum absolute atomic E-state index is 12.5. The van der Waals surface area contributed by atoms with Crippen molar-refractivity contribution in [1.29, 1.82) is 0 Å². The molecule has 1 aromatic carbocycles. The lowest BCUT2D eigenvalue weighted by Crippen LogP contribution is -2.53. The Bertz CT molecular complexity index is 1000. The van der Waals surface area contributed by atoms with Gasteiger partial charge in [0, 0.05) is 31.6 Å². The summed E-state index contributed by atoms with van der Waals surface area (Å²) in [6, 6.07) is 4.00. The van der Waals surface area contributed by atoms with E-state index >= 15 is 0 Å². The van der Waals surface area contributed by atoms with E-state index in [-0.39, 0.29) is 31.3 Å². The van der Waals surface area contributed by atoms with Gasteiger partial charge < -0.3 is 24.1 Å². The second-order valence-electron chi connectivity index (χ2n) is 8.84. The summed E-state index contributed by atoms with van der Waals surface area (Å²) >= 11 is 0. The highest BCUT2D eigenvalue weighted by molar-refractivity contribution is 5.82. The van der Waals surface area contributed by atoms with E-state index in [4.69, 9.17) is 18.9 Å². The van der Waals surface area contributed by atoms with Crippen molar-refractivity contribution in [2.75, 3.05) is 13.3 Å². The maximum Gasteiger partial charge on any atom is 0.331 e. The average Bonchev–Trinajstić information content (AvgIpc) is 3.27. The van der Waals surface area contributed by atoms with E-state index < -0.39 is 23.6 Å². The van der Waals surface area contributed by atoms with Crippen LogP contribution in [0.15, 0.2) is 36.4 Å². The number of aliphatic hydroxyl groups excluding tert-OH is 1. The molecule has 8 heteroatoms. The Morgan fingerprint density at radius 2 is 2.09 bits per heavy atom. The SMILES string of the molecule is C/C=C/C(=O)O[C@H]1C=C[C@@]23c4cc5c(cc4CN(C[C@@H]2OC(=O)CC(C)O)[C@H]3C1)OCO5. The number of rotatable bonds is 5. The number of esters is 2. The number of ether oxygens (including phenoxy) is 4. The van der Waals surface area contributed by atoms with Crippen LogP contribution in [0.4, 0.5) is 0 Å². The molecular weight excluding hydrogens is 414 g/mol. The number of carbonyl (C=O) groups excluding carboxylic acids is 2. The van der Waals surface area contributed by atoms with Gasteiger partial charge in [0.15, 0.2) is 11.5 Å². The first-order valence-corrected chi connectivity index (χ1v) is 11.0. The lowest BCUT2D eigenvalue weighted by Gasteiger charge is -2.46. The third-order valence-corrected chi connectivity index (χ3v) is 6.71. The molecule has 4 aliphatic rings. The monoisotopic (exact) mass is 441 g/mol. The van der Waals surface area contributed by atoms with Crippen molar-refractivity contribution in [3.05, 3.63) is 47.6 Å². The zero-order valence-corrected chi connectivity index (χ0v) is 18.2. The Morgan fingerprint density at radius 3 is 2.84 bits per heavy atom. The molecule has 0 amide bonds. The predicted molar refractivity (Wildman–Crippen MR) is 113 cm³/mol. The molecule has 6 atom stereocenters. The molecule has 1 N–H and O–H groups in total. The highest BCUT2D eigenvalue weighted by Gasteiger charge is 2.61. The highest BCUT2D eigenvalue weighted by atomic mass is 16.7. The second-order valence-corrected chi connectivity index (χ2v) is 8.84. The van der Waals surface area contributed by atoms with Gasteiger partial charge in [0.1, 0.15) is 12.2 Å². The van der Waals surface area contributed by atoms with Gasteiger partial charge in [0.05, 0.1) is 17.9 Å². The van der Waals surface area contributed by atoms with Crippen LogP contribution in [0.2, 0.25) is 0 Å². The molecule has 32 heavy (non-hydrogen) atoms. The van der Waals surface area contributed by atoms with Crippen molar-refractivity contribution in [3.63, 3.8) is 0 Å². The molecular formula is C24H27NO7. The number of benzene rings is 1. The number of hydrogen-bond donors (Lipinski definition) is 1. The van der Waals surface area contributed by atoms with Gasteiger partial charge in [-0.1, -0.05) is 12.2 Å². The quantitative estimate of drug-likeness (QED) is 0.421. The number of fused-ring (bicyclic) bond motifs is 2. The fourth-order valence-electron chi connectivity index (χ4n) is 5.48. The van der Waals surface area contributed by atoms with E-state index in [1.807, 2.05) is 24.3 Å². The van der Waals surface area contributed by atoms with Crippen molar-refractivity contribution < 1.29 is 33.6 Å². The number of nitrogens with zero attached hydrogens (tertiary/aromatic N) is 1. The predicted octanol–water partition coefficient (Wildman–Crippen LogP) is 1.98. The van der Waals surface area contributed by atoms with Crippen LogP contribution >= 0.6 is 0 Å². The smallest absolute Gasteiger partial charge is 0.331 e. The number of allylic oxidation sites excluding steroid dienone is 1. The molecule has 0 radical (unpaired) electrons. The van der Waals surface area contributed by atoms with Crippen molar-refractivity contribution in [2.24, 2.45) is 0 Å². The first kappa shape index (κ1) is 21.0. The first-order chi connectivity index (χ1) is 15.4. The summed E-state index contributed by atoms with van der Waals surface area (Å²) in [4.78, 5) is 26.8.